The van der Waals surface area contributed by atoms with Crippen molar-refractivity contribution < 1.29 is 0 Å². The number of rotatable bonds is 4. The van der Waals surface area contributed by atoms with Crippen LogP contribution in [0.5, 0.6) is 0 Å². The molecule has 0 atom stereocenters. The molecule has 0 fully saturated rings. The third-order valence-electron chi connectivity index (χ3n) is 4.66. The van der Waals surface area contributed by atoms with Gasteiger partial charge in [-0.3, -0.25) is 14.3 Å². The highest BCUT2D eigenvalue weighted by Crippen LogP contribution is 2.29. The Balaban J connectivity index is 2.04. The molecule has 4 rings (SSSR count). The van der Waals surface area contributed by atoms with Crippen LogP contribution in [-0.4, -0.2) is 19.5 Å². The minimum atomic E-state index is -0.105. The van der Waals surface area contributed by atoms with E-state index in [9.17, 15) is 4.79 Å². The second-order valence-corrected chi connectivity index (χ2v) is 6.56. The van der Waals surface area contributed by atoms with Gasteiger partial charge >= 0.3 is 0 Å². The van der Waals surface area contributed by atoms with Crippen LogP contribution in [0.1, 0.15) is 6.92 Å². The third kappa shape index (κ3) is 3.43. The summed E-state index contributed by atoms with van der Waals surface area (Å²) in [6.07, 6.45) is 12.4. The molecule has 6 heteroatoms. The molecule has 142 valence electrons. The standard InChI is InChI=1S/C23H19N5O/c1-3-4-5-6-15(2)28-21(29)10-8-17-12-25-20-9-7-16(11-19(20)22(17)28)18-13-26-23(24)27-14-18/h3-14H,1H2,2H3,(H2,24,26,27)/b5-4-,15-6+. The Kier molecular flexibility index (Phi) is 4.75. The van der Waals surface area contributed by atoms with Gasteiger partial charge in [-0.1, -0.05) is 30.9 Å². The zero-order chi connectivity index (χ0) is 20.4. The van der Waals surface area contributed by atoms with E-state index in [-0.39, 0.29) is 11.5 Å². The molecule has 0 aliphatic rings. The van der Waals surface area contributed by atoms with Gasteiger partial charge < -0.3 is 5.73 Å². The van der Waals surface area contributed by atoms with Gasteiger partial charge in [-0.2, -0.15) is 0 Å². The molecule has 0 unspecified atom stereocenters. The van der Waals surface area contributed by atoms with Crippen molar-refractivity contribution in [2.75, 3.05) is 5.73 Å². The number of allylic oxidation sites excluding steroid dienone is 5. The highest BCUT2D eigenvalue weighted by molar-refractivity contribution is 6.05. The number of hydrogen-bond donors (Lipinski definition) is 1. The van der Waals surface area contributed by atoms with Crippen LogP contribution in [-0.2, 0) is 0 Å². The van der Waals surface area contributed by atoms with E-state index < -0.39 is 0 Å². The highest BCUT2D eigenvalue weighted by atomic mass is 16.1. The van der Waals surface area contributed by atoms with E-state index in [4.69, 9.17) is 5.73 Å². The van der Waals surface area contributed by atoms with E-state index in [1.165, 1.54) is 0 Å². The first-order valence-electron chi connectivity index (χ1n) is 9.07. The summed E-state index contributed by atoms with van der Waals surface area (Å²) in [7, 11) is 0. The summed E-state index contributed by atoms with van der Waals surface area (Å²) in [4.78, 5) is 25.5. The number of nitrogen functional groups attached to an aromatic ring is 1. The van der Waals surface area contributed by atoms with Gasteiger partial charge in [0.25, 0.3) is 5.56 Å². The molecule has 0 aliphatic heterocycles. The van der Waals surface area contributed by atoms with Crippen molar-refractivity contribution >= 4 is 33.5 Å². The average molecular weight is 381 g/mol. The summed E-state index contributed by atoms with van der Waals surface area (Å²) < 4.78 is 1.70. The van der Waals surface area contributed by atoms with Crippen LogP contribution in [0.3, 0.4) is 0 Å². The second-order valence-electron chi connectivity index (χ2n) is 6.56. The fourth-order valence-electron chi connectivity index (χ4n) is 3.28. The van der Waals surface area contributed by atoms with Gasteiger partial charge in [0.2, 0.25) is 5.95 Å². The minimum absolute atomic E-state index is 0.105. The zero-order valence-corrected chi connectivity index (χ0v) is 15.9. The molecule has 0 bridgehead atoms. The Labute approximate surface area is 167 Å². The molecule has 0 spiro atoms. The number of nitrogens with zero attached hydrogens (tertiary/aromatic N) is 4. The first-order chi connectivity index (χ1) is 14.1. The lowest BCUT2D eigenvalue weighted by molar-refractivity contribution is 1.06. The summed E-state index contributed by atoms with van der Waals surface area (Å²) in [5.74, 6) is 0.226. The Hall–Kier alpha value is -4.06. The maximum Gasteiger partial charge on any atom is 0.255 e. The highest BCUT2D eigenvalue weighted by Gasteiger charge is 2.11. The van der Waals surface area contributed by atoms with Crippen LogP contribution in [0, 0.1) is 0 Å². The number of anilines is 1. The summed E-state index contributed by atoms with van der Waals surface area (Å²) >= 11 is 0. The molecule has 29 heavy (non-hydrogen) atoms. The Morgan fingerprint density at radius 2 is 1.83 bits per heavy atom. The van der Waals surface area contributed by atoms with Crippen molar-refractivity contribution in [2.24, 2.45) is 0 Å². The van der Waals surface area contributed by atoms with Crippen molar-refractivity contribution in [3.05, 3.63) is 90.2 Å². The monoisotopic (exact) mass is 381 g/mol. The van der Waals surface area contributed by atoms with Crippen LogP contribution < -0.4 is 11.3 Å². The van der Waals surface area contributed by atoms with Crippen LogP contribution in [0.25, 0.3) is 38.6 Å². The summed E-state index contributed by atoms with van der Waals surface area (Å²) in [6.45, 7) is 5.57. The normalized spacial score (nSPS) is 12.1. The molecule has 4 aromatic rings. The molecular formula is C23H19N5O. The fraction of sp³-hybridized carbons (Fsp3) is 0.0435. The van der Waals surface area contributed by atoms with E-state index in [2.05, 4.69) is 21.5 Å². The van der Waals surface area contributed by atoms with Crippen molar-refractivity contribution in [1.82, 2.24) is 19.5 Å². The number of pyridine rings is 2. The molecule has 1 aromatic carbocycles. The lowest BCUT2D eigenvalue weighted by Crippen LogP contribution is -2.17. The van der Waals surface area contributed by atoms with Gasteiger partial charge in [-0.15, -0.1) is 0 Å². The van der Waals surface area contributed by atoms with Gasteiger partial charge in [0.05, 0.1) is 11.0 Å². The molecule has 0 radical (unpaired) electrons. The predicted molar refractivity (Wildman–Crippen MR) is 118 cm³/mol. The molecule has 3 aromatic heterocycles. The van der Waals surface area contributed by atoms with E-state index in [0.29, 0.717) is 0 Å². The van der Waals surface area contributed by atoms with Crippen molar-refractivity contribution in [3.63, 3.8) is 0 Å². The molecule has 0 aliphatic carbocycles. The quantitative estimate of drug-likeness (QED) is 0.423. The number of aromatic nitrogens is 4. The van der Waals surface area contributed by atoms with Crippen LogP contribution in [0.2, 0.25) is 0 Å². The molecule has 0 saturated heterocycles. The average Bonchev–Trinajstić information content (AvgIpc) is 2.73. The first kappa shape index (κ1) is 18.3. The van der Waals surface area contributed by atoms with Crippen LogP contribution in [0.15, 0.2) is 84.6 Å². The lowest BCUT2D eigenvalue weighted by Gasteiger charge is -2.13. The topological polar surface area (TPSA) is 86.7 Å². The van der Waals surface area contributed by atoms with Gasteiger partial charge in [-0.25, -0.2) is 9.97 Å². The summed E-state index contributed by atoms with van der Waals surface area (Å²) in [5.41, 5.74) is 9.66. The number of hydrogen-bond acceptors (Lipinski definition) is 5. The fourth-order valence-corrected chi connectivity index (χ4v) is 3.28. The summed E-state index contributed by atoms with van der Waals surface area (Å²) in [5, 5.41) is 1.75. The van der Waals surface area contributed by atoms with E-state index in [1.54, 1.807) is 41.4 Å². The molecule has 0 amide bonds. The maximum absolute atomic E-state index is 12.8. The van der Waals surface area contributed by atoms with Crippen molar-refractivity contribution in [1.29, 1.82) is 0 Å². The Bertz CT molecular complexity index is 1350. The number of fused-ring (bicyclic) bond motifs is 3. The van der Waals surface area contributed by atoms with Gasteiger partial charge in [0.1, 0.15) is 0 Å². The number of benzene rings is 1. The molecule has 6 nitrogen and oxygen atoms in total. The van der Waals surface area contributed by atoms with Crippen molar-refractivity contribution in [3.8, 4) is 11.1 Å². The minimum Gasteiger partial charge on any atom is -0.368 e. The molecule has 3 heterocycles. The zero-order valence-electron chi connectivity index (χ0n) is 15.9. The summed E-state index contributed by atoms with van der Waals surface area (Å²) in [6, 6.07) is 9.24. The van der Waals surface area contributed by atoms with Crippen molar-refractivity contribution in [2.45, 2.75) is 6.92 Å². The second kappa shape index (κ2) is 7.52. The SMILES string of the molecule is C=C/C=C\C=C(/C)n1c(=O)ccc2cnc3ccc(-c4cnc(N)nc4)cc3c21. The molecular weight excluding hydrogens is 362 g/mol. The van der Waals surface area contributed by atoms with Crippen LogP contribution >= 0.6 is 0 Å². The predicted octanol–water partition coefficient (Wildman–Crippen LogP) is 4.19. The van der Waals surface area contributed by atoms with E-state index in [1.807, 2.05) is 43.4 Å². The molecule has 2 N–H and O–H groups in total. The Morgan fingerprint density at radius 3 is 2.59 bits per heavy atom. The largest absolute Gasteiger partial charge is 0.368 e. The van der Waals surface area contributed by atoms with Gasteiger partial charge in [0.15, 0.2) is 0 Å². The number of nitrogens with two attached hydrogens (primary N) is 1. The van der Waals surface area contributed by atoms with Crippen LogP contribution in [0.4, 0.5) is 5.95 Å². The molecule has 0 saturated carbocycles. The first-order valence-corrected chi connectivity index (χ1v) is 9.07. The van der Waals surface area contributed by atoms with Gasteiger partial charge in [-0.05, 0) is 36.8 Å². The smallest absolute Gasteiger partial charge is 0.255 e. The van der Waals surface area contributed by atoms with E-state index >= 15 is 0 Å². The maximum atomic E-state index is 12.8. The van der Waals surface area contributed by atoms with Gasteiger partial charge in [0, 0.05) is 46.7 Å². The Morgan fingerprint density at radius 1 is 1.03 bits per heavy atom. The van der Waals surface area contributed by atoms with E-state index in [0.717, 1.165) is 38.6 Å². The lowest BCUT2D eigenvalue weighted by atomic mass is 10.0. The third-order valence-corrected chi connectivity index (χ3v) is 4.66.